The normalized spacial score (nSPS) is 10.4. The molecule has 16 heavy (non-hydrogen) atoms. The Labute approximate surface area is 93.0 Å². The number of aromatic nitrogens is 4. The van der Waals surface area contributed by atoms with Crippen LogP contribution in [0.3, 0.4) is 0 Å². The molecule has 0 aliphatic rings. The third-order valence-electron chi connectivity index (χ3n) is 2.25. The van der Waals surface area contributed by atoms with Gasteiger partial charge in [-0.05, 0) is 35.9 Å². The van der Waals surface area contributed by atoms with Crippen LogP contribution < -0.4 is 10.5 Å². The second-order valence-corrected chi connectivity index (χ2v) is 3.35. The fraction of sp³-hybridized carbons (Fsp3) is 0.300. The van der Waals surface area contributed by atoms with E-state index in [0.29, 0.717) is 5.82 Å². The molecule has 0 saturated heterocycles. The Morgan fingerprint density at radius 1 is 1.44 bits per heavy atom. The van der Waals surface area contributed by atoms with Crippen LogP contribution in [0.5, 0.6) is 5.75 Å². The second kappa shape index (κ2) is 4.28. The fourth-order valence-corrected chi connectivity index (χ4v) is 1.42. The Balaban J connectivity index is 2.37. The van der Waals surface area contributed by atoms with Crippen molar-refractivity contribution in [1.82, 2.24) is 20.2 Å². The molecule has 2 aromatic rings. The minimum atomic E-state index is 0.287. The third kappa shape index (κ3) is 1.87. The molecule has 6 nitrogen and oxygen atoms in total. The van der Waals surface area contributed by atoms with Gasteiger partial charge in [-0.3, -0.25) is 0 Å². The summed E-state index contributed by atoms with van der Waals surface area (Å²) in [6.07, 6.45) is 0. The Kier molecular flexibility index (Phi) is 2.82. The monoisotopic (exact) mass is 219 g/mol. The van der Waals surface area contributed by atoms with Gasteiger partial charge in [0, 0.05) is 0 Å². The number of nitrogens with two attached hydrogens (primary N) is 1. The van der Waals surface area contributed by atoms with E-state index in [1.54, 1.807) is 7.11 Å². The maximum atomic E-state index is 5.42. The predicted molar refractivity (Wildman–Crippen MR) is 58.3 cm³/mol. The molecule has 2 N–H and O–H groups in total. The van der Waals surface area contributed by atoms with E-state index in [1.807, 2.05) is 25.1 Å². The average molecular weight is 219 g/mol. The van der Waals surface area contributed by atoms with Crippen molar-refractivity contribution in [2.24, 2.45) is 5.73 Å². The quantitative estimate of drug-likeness (QED) is 0.810. The summed E-state index contributed by atoms with van der Waals surface area (Å²) < 4.78 is 5.18. The predicted octanol–water partition coefficient (Wildman–Crippen LogP) is 0.438. The van der Waals surface area contributed by atoms with E-state index in [-0.39, 0.29) is 6.54 Å². The van der Waals surface area contributed by atoms with Gasteiger partial charge >= 0.3 is 0 Å². The summed E-state index contributed by atoms with van der Waals surface area (Å²) >= 11 is 0. The zero-order valence-corrected chi connectivity index (χ0v) is 9.21. The molecule has 0 saturated carbocycles. The van der Waals surface area contributed by atoms with Gasteiger partial charge in [0.2, 0.25) is 0 Å². The molecule has 84 valence electrons. The van der Waals surface area contributed by atoms with Crippen molar-refractivity contribution in [1.29, 1.82) is 0 Å². The lowest BCUT2D eigenvalue weighted by Crippen LogP contribution is -2.02. The van der Waals surface area contributed by atoms with E-state index in [4.69, 9.17) is 10.5 Å². The maximum absolute atomic E-state index is 5.42. The number of rotatable bonds is 3. The first-order valence-electron chi connectivity index (χ1n) is 4.88. The van der Waals surface area contributed by atoms with Crippen LogP contribution in [0.1, 0.15) is 11.4 Å². The van der Waals surface area contributed by atoms with E-state index in [9.17, 15) is 0 Å². The van der Waals surface area contributed by atoms with Crippen LogP contribution in [-0.2, 0) is 6.54 Å². The lowest BCUT2D eigenvalue weighted by Gasteiger charge is -2.05. The van der Waals surface area contributed by atoms with E-state index in [2.05, 4.69) is 15.4 Å². The molecule has 0 aliphatic heterocycles. The molecular weight excluding hydrogens is 206 g/mol. The molecular formula is C10H13N5O. The zero-order chi connectivity index (χ0) is 11.5. The standard InChI is InChI=1S/C10H13N5O/c1-7-5-8(3-4-9(7)16-2)15-13-10(6-11)12-14-15/h3-5H,6,11H2,1-2H3. The summed E-state index contributed by atoms with van der Waals surface area (Å²) in [6, 6.07) is 5.67. The summed E-state index contributed by atoms with van der Waals surface area (Å²) in [7, 11) is 1.64. The Morgan fingerprint density at radius 3 is 2.81 bits per heavy atom. The van der Waals surface area contributed by atoms with E-state index < -0.39 is 0 Å². The molecule has 0 aliphatic carbocycles. The number of tetrazole rings is 1. The van der Waals surface area contributed by atoms with Gasteiger partial charge in [0.25, 0.3) is 0 Å². The first kappa shape index (κ1) is 10.6. The largest absolute Gasteiger partial charge is 0.496 e. The van der Waals surface area contributed by atoms with Crippen molar-refractivity contribution in [3.63, 3.8) is 0 Å². The second-order valence-electron chi connectivity index (χ2n) is 3.35. The highest BCUT2D eigenvalue weighted by molar-refractivity contribution is 5.42. The molecule has 0 bridgehead atoms. The van der Waals surface area contributed by atoms with Gasteiger partial charge in [-0.1, -0.05) is 0 Å². The smallest absolute Gasteiger partial charge is 0.188 e. The highest BCUT2D eigenvalue weighted by Crippen LogP contribution is 2.19. The van der Waals surface area contributed by atoms with Crippen molar-refractivity contribution >= 4 is 0 Å². The molecule has 1 heterocycles. The average Bonchev–Trinajstić information content (AvgIpc) is 2.77. The fourth-order valence-electron chi connectivity index (χ4n) is 1.42. The van der Waals surface area contributed by atoms with E-state index in [1.165, 1.54) is 4.80 Å². The van der Waals surface area contributed by atoms with Gasteiger partial charge in [-0.15, -0.1) is 15.0 Å². The van der Waals surface area contributed by atoms with E-state index >= 15 is 0 Å². The van der Waals surface area contributed by atoms with E-state index in [0.717, 1.165) is 17.0 Å². The van der Waals surface area contributed by atoms with Gasteiger partial charge in [0.1, 0.15) is 5.75 Å². The van der Waals surface area contributed by atoms with Gasteiger partial charge in [0.05, 0.1) is 19.3 Å². The van der Waals surface area contributed by atoms with Gasteiger partial charge in [0.15, 0.2) is 5.82 Å². The minimum absolute atomic E-state index is 0.287. The number of nitrogens with zero attached hydrogens (tertiary/aromatic N) is 4. The molecule has 1 aromatic carbocycles. The molecule has 0 spiro atoms. The lowest BCUT2D eigenvalue weighted by atomic mass is 10.2. The highest BCUT2D eigenvalue weighted by atomic mass is 16.5. The zero-order valence-electron chi connectivity index (χ0n) is 9.21. The first-order valence-corrected chi connectivity index (χ1v) is 4.88. The van der Waals surface area contributed by atoms with Gasteiger partial charge < -0.3 is 10.5 Å². The van der Waals surface area contributed by atoms with Crippen LogP contribution in [0.2, 0.25) is 0 Å². The summed E-state index contributed by atoms with van der Waals surface area (Å²) in [5, 5.41) is 11.8. The van der Waals surface area contributed by atoms with Crippen LogP contribution >= 0.6 is 0 Å². The number of hydrogen-bond acceptors (Lipinski definition) is 5. The van der Waals surface area contributed by atoms with Crippen LogP contribution in [0.25, 0.3) is 5.69 Å². The van der Waals surface area contributed by atoms with Crippen LogP contribution in [-0.4, -0.2) is 27.3 Å². The molecule has 0 radical (unpaired) electrons. The number of hydrogen-bond donors (Lipinski definition) is 1. The summed E-state index contributed by atoms with van der Waals surface area (Å²) in [6.45, 7) is 2.25. The SMILES string of the molecule is COc1ccc(-n2nnc(CN)n2)cc1C. The van der Waals surface area contributed by atoms with Crippen LogP contribution in [0.4, 0.5) is 0 Å². The third-order valence-corrected chi connectivity index (χ3v) is 2.25. The van der Waals surface area contributed by atoms with Crippen molar-refractivity contribution < 1.29 is 4.74 Å². The summed E-state index contributed by atoms with van der Waals surface area (Å²) in [5.41, 5.74) is 7.28. The van der Waals surface area contributed by atoms with Crippen molar-refractivity contribution in [2.75, 3.05) is 7.11 Å². The number of benzene rings is 1. The molecule has 0 fully saturated rings. The van der Waals surface area contributed by atoms with Crippen molar-refractivity contribution in [2.45, 2.75) is 13.5 Å². The van der Waals surface area contributed by atoms with Crippen molar-refractivity contribution in [3.05, 3.63) is 29.6 Å². The van der Waals surface area contributed by atoms with Crippen molar-refractivity contribution in [3.8, 4) is 11.4 Å². The Hall–Kier alpha value is -1.95. The Morgan fingerprint density at radius 2 is 2.25 bits per heavy atom. The summed E-state index contributed by atoms with van der Waals surface area (Å²) in [4.78, 5) is 1.45. The molecule has 0 unspecified atom stereocenters. The minimum Gasteiger partial charge on any atom is -0.496 e. The highest BCUT2D eigenvalue weighted by Gasteiger charge is 2.05. The van der Waals surface area contributed by atoms with Gasteiger partial charge in [-0.25, -0.2) is 0 Å². The molecule has 6 heteroatoms. The number of ether oxygens (including phenoxy) is 1. The Bertz CT molecular complexity index is 494. The molecule has 1 aromatic heterocycles. The number of aryl methyl sites for hydroxylation is 1. The van der Waals surface area contributed by atoms with Crippen LogP contribution in [0.15, 0.2) is 18.2 Å². The van der Waals surface area contributed by atoms with Gasteiger partial charge in [-0.2, -0.15) is 0 Å². The maximum Gasteiger partial charge on any atom is 0.188 e. The molecule has 2 rings (SSSR count). The first-order chi connectivity index (χ1) is 7.74. The molecule has 0 amide bonds. The lowest BCUT2D eigenvalue weighted by molar-refractivity contribution is 0.411. The topological polar surface area (TPSA) is 78.8 Å². The summed E-state index contributed by atoms with van der Waals surface area (Å²) in [5.74, 6) is 1.36. The molecule has 0 atom stereocenters. The van der Waals surface area contributed by atoms with Crippen LogP contribution in [0, 0.1) is 6.92 Å². The number of methoxy groups -OCH3 is 1.